The maximum atomic E-state index is 6.59. The molecule has 0 aromatic heterocycles. The minimum atomic E-state index is -0.148. The molecule has 2 rings (SSSR count). The maximum Gasteiger partial charge on any atom is 0.123 e. The van der Waals surface area contributed by atoms with Gasteiger partial charge in [0.2, 0.25) is 0 Å². The van der Waals surface area contributed by atoms with Crippen LogP contribution in [-0.2, 0) is 6.42 Å². The molecular weight excluding hydrogens is 352 g/mol. The van der Waals surface area contributed by atoms with Crippen molar-refractivity contribution in [2.75, 3.05) is 14.2 Å². The van der Waals surface area contributed by atoms with Crippen molar-refractivity contribution in [3.05, 3.63) is 57.6 Å². The van der Waals surface area contributed by atoms with Crippen molar-refractivity contribution in [1.29, 1.82) is 0 Å². The summed E-state index contributed by atoms with van der Waals surface area (Å²) in [6, 6.07) is 12.0. The number of hydrogen-bond acceptors (Lipinski definition) is 2. The lowest BCUT2D eigenvalue weighted by molar-refractivity contribution is 0.408. The Bertz CT molecular complexity index is 611. The van der Waals surface area contributed by atoms with Crippen LogP contribution < -0.4 is 9.47 Å². The number of alkyl halides is 1. The molecule has 0 aliphatic heterocycles. The molecule has 0 heterocycles. The average Bonchev–Trinajstić information content (AvgIpc) is 2.50. The zero-order chi connectivity index (χ0) is 15.4. The van der Waals surface area contributed by atoms with Gasteiger partial charge in [0.05, 0.1) is 19.6 Å². The van der Waals surface area contributed by atoms with Crippen molar-refractivity contribution in [1.82, 2.24) is 0 Å². The highest BCUT2D eigenvalue weighted by Gasteiger charge is 2.16. The summed E-state index contributed by atoms with van der Waals surface area (Å²) in [5.74, 6) is 1.67. The molecule has 0 aliphatic rings. The molecule has 0 fully saturated rings. The van der Waals surface area contributed by atoms with Crippen molar-refractivity contribution in [2.24, 2.45) is 0 Å². The SMILES string of the molecule is COc1ccc(CC(Cl)c2cc(Br)c(C)cc2OC)cc1. The Kier molecular flexibility index (Phi) is 5.54. The van der Waals surface area contributed by atoms with Gasteiger partial charge in [-0.3, -0.25) is 0 Å². The first-order chi connectivity index (χ1) is 10.0. The molecule has 2 aromatic rings. The van der Waals surface area contributed by atoms with Gasteiger partial charge in [0, 0.05) is 10.0 Å². The van der Waals surface area contributed by atoms with E-state index in [4.69, 9.17) is 21.1 Å². The molecule has 0 N–H and O–H groups in total. The van der Waals surface area contributed by atoms with Gasteiger partial charge in [0.15, 0.2) is 0 Å². The fraction of sp³-hybridized carbons (Fsp3) is 0.294. The molecule has 0 amide bonds. The summed E-state index contributed by atoms with van der Waals surface area (Å²) in [6.07, 6.45) is 0.734. The van der Waals surface area contributed by atoms with E-state index in [0.717, 1.165) is 39.1 Å². The van der Waals surface area contributed by atoms with Crippen LogP contribution in [0.25, 0.3) is 0 Å². The summed E-state index contributed by atoms with van der Waals surface area (Å²) in [5, 5.41) is -0.148. The van der Waals surface area contributed by atoms with E-state index < -0.39 is 0 Å². The van der Waals surface area contributed by atoms with Crippen molar-refractivity contribution in [3.8, 4) is 11.5 Å². The van der Waals surface area contributed by atoms with E-state index in [0.29, 0.717) is 0 Å². The predicted molar refractivity (Wildman–Crippen MR) is 90.7 cm³/mol. The largest absolute Gasteiger partial charge is 0.497 e. The highest BCUT2D eigenvalue weighted by atomic mass is 79.9. The van der Waals surface area contributed by atoms with Crippen molar-refractivity contribution in [3.63, 3.8) is 0 Å². The minimum absolute atomic E-state index is 0.148. The van der Waals surface area contributed by atoms with Crippen molar-refractivity contribution < 1.29 is 9.47 Å². The van der Waals surface area contributed by atoms with E-state index in [1.165, 1.54) is 0 Å². The van der Waals surface area contributed by atoms with E-state index in [-0.39, 0.29) is 5.38 Å². The van der Waals surface area contributed by atoms with Gasteiger partial charge in [-0.25, -0.2) is 0 Å². The fourth-order valence-corrected chi connectivity index (χ4v) is 2.88. The number of hydrogen-bond donors (Lipinski definition) is 0. The number of ether oxygens (including phenoxy) is 2. The van der Waals surface area contributed by atoms with Crippen LogP contribution in [0.4, 0.5) is 0 Å². The van der Waals surface area contributed by atoms with Gasteiger partial charge in [0.1, 0.15) is 11.5 Å². The van der Waals surface area contributed by atoms with Gasteiger partial charge in [0.25, 0.3) is 0 Å². The van der Waals surface area contributed by atoms with E-state index in [1.807, 2.05) is 43.3 Å². The van der Waals surface area contributed by atoms with Gasteiger partial charge in [-0.2, -0.15) is 0 Å². The Balaban J connectivity index is 2.22. The number of rotatable bonds is 5. The molecule has 0 bridgehead atoms. The topological polar surface area (TPSA) is 18.5 Å². The third-order valence-corrected chi connectivity index (χ3v) is 4.67. The van der Waals surface area contributed by atoms with Crippen LogP contribution in [0, 0.1) is 6.92 Å². The van der Waals surface area contributed by atoms with E-state index in [1.54, 1.807) is 14.2 Å². The third-order valence-electron chi connectivity index (χ3n) is 3.42. The Morgan fingerprint density at radius 2 is 1.76 bits per heavy atom. The molecule has 0 saturated heterocycles. The Morgan fingerprint density at radius 3 is 2.33 bits per heavy atom. The van der Waals surface area contributed by atoms with Crippen LogP contribution in [0.3, 0.4) is 0 Å². The standard InChI is InChI=1S/C17H18BrClO2/c1-11-8-17(21-3)14(10-15(11)18)16(19)9-12-4-6-13(20-2)7-5-12/h4-8,10,16H,9H2,1-3H3. The number of halogens is 2. The lowest BCUT2D eigenvalue weighted by Crippen LogP contribution is -2.00. The Morgan fingerprint density at radius 1 is 1.10 bits per heavy atom. The molecule has 1 unspecified atom stereocenters. The fourth-order valence-electron chi connectivity index (χ4n) is 2.17. The average molecular weight is 370 g/mol. The van der Waals surface area contributed by atoms with Crippen LogP contribution in [0.1, 0.15) is 22.1 Å². The molecule has 112 valence electrons. The molecule has 0 spiro atoms. The van der Waals surface area contributed by atoms with Gasteiger partial charge in [-0.15, -0.1) is 11.6 Å². The Labute approximate surface area is 139 Å². The lowest BCUT2D eigenvalue weighted by Gasteiger charge is -2.16. The van der Waals surface area contributed by atoms with E-state index in [2.05, 4.69) is 15.9 Å². The first-order valence-corrected chi connectivity index (χ1v) is 7.89. The van der Waals surface area contributed by atoms with Gasteiger partial charge < -0.3 is 9.47 Å². The second-order valence-corrected chi connectivity index (χ2v) is 6.24. The van der Waals surface area contributed by atoms with E-state index in [9.17, 15) is 0 Å². The minimum Gasteiger partial charge on any atom is -0.497 e. The molecule has 0 radical (unpaired) electrons. The number of methoxy groups -OCH3 is 2. The monoisotopic (exact) mass is 368 g/mol. The molecule has 1 atom stereocenters. The summed E-state index contributed by atoms with van der Waals surface area (Å²) in [7, 11) is 3.33. The Hall–Kier alpha value is -1.19. The summed E-state index contributed by atoms with van der Waals surface area (Å²) >= 11 is 10.1. The third kappa shape index (κ3) is 3.92. The second-order valence-electron chi connectivity index (χ2n) is 4.86. The number of aryl methyl sites for hydroxylation is 1. The highest BCUT2D eigenvalue weighted by Crippen LogP contribution is 2.36. The molecule has 0 saturated carbocycles. The van der Waals surface area contributed by atoms with Gasteiger partial charge >= 0.3 is 0 Å². The first kappa shape index (κ1) is 16.2. The second kappa shape index (κ2) is 7.19. The smallest absolute Gasteiger partial charge is 0.123 e. The molecule has 0 aliphatic carbocycles. The van der Waals surface area contributed by atoms with Crippen LogP contribution in [0.15, 0.2) is 40.9 Å². The normalized spacial score (nSPS) is 12.0. The van der Waals surface area contributed by atoms with Crippen LogP contribution in [0.5, 0.6) is 11.5 Å². The summed E-state index contributed by atoms with van der Waals surface area (Å²) in [4.78, 5) is 0. The summed E-state index contributed by atoms with van der Waals surface area (Å²) in [6.45, 7) is 2.03. The number of benzene rings is 2. The van der Waals surface area contributed by atoms with Gasteiger partial charge in [-0.05, 0) is 48.7 Å². The first-order valence-electron chi connectivity index (χ1n) is 6.66. The van der Waals surface area contributed by atoms with Crippen molar-refractivity contribution in [2.45, 2.75) is 18.7 Å². The maximum absolute atomic E-state index is 6.59. The quantitative estimate of drug-likeness (QED) is 0.666. The van der Waals surface area contributed by atoms with E-state index >= 15 is 0 Å². The summed E-state index contributed by atoms with van der Waals surface area (Å²) in [5.41, 5.74) is 3.28. The van der Waals surface area contributed by atoms with Crippen LogP contribution >= 0.6 is 27.5 Å². The zero-order valence-corrected chi connectivity index (χ0v) is 14.7. The van der Waals surface area contributed by atoms with Crippen LogP contribution in [0.2, 0.25) is 0 Å². The lowest BCUT2D eigenvalue weighted by atomic mass is 10.0. The molecule has 2 nitrogen and oxygen atoms in total. The predicted octanol–water partition coefficient (Wildman–Crippen LogP) is 5.30. The van der Waals surface area contributed by atoms with Crippen molar-refractivity contribution >= 4 is 27.5 Å². The molecule has 21 heavy (non-hydrogen) atoms. The highest BCUT2D eigenvalue weighted by molar-refractivity contribution is 9.10. The molecule has 2 aromatic carbocycles. The molecular formula is C17H18BrClO2. The molecule has 4 heteroatoms. The summed E-state index contributed by atoms with van der Waals surface area (Å²) < 4.78 is 11.7. The van der Waals surface area contributed by atoms with Gasteiger partial charge in [-0.1, -0.05) is 28.1 Å². The zero-order valence-electron chi connectivity index (χ0n) is 12.3. The van der Waals surface area contributed by atoms with Crippen LogP contribution in [-0.4, -0.2) is 14.2 Å².